The molecule has 1 N–H and O–H groups in total. The van der Waals surface area contributed by atoms with E-state index in [0.717, 1.165) is 8.66 Å². The monoisotopic (exact) mass is 220 g/mol. The Morgan fingerprint density at radius 3 is 2.50 bits per heavy atom. The van der Waals surface area contributed by atoms with Crippen molar-refractivity contribution in [3.05, 3.63) is 20.3 Å². The highest BCUT2D eigenvalue weighted by Crippen LogP contribution is 2.30. The van der Waals surface area contributed by atoms with E-state index in [0.29, 0.717) is 0 Å². The van der Waals surface area contributed by atoms with Gasteiger partial charge in [0.25, 0.3) is 0 Å². The average molecular weight is 221 g/mol. The van der Waals surface area contributed by atoms with Crippen LogP contribution in [0.5, 0.6) is 0 Å². The molecule has 0 fully saturated rings. The van der Waals surface area contributed by atoms with Crippen molar-refractivity contribution in [2.45, 2.75) is 20.0 Å². The maximum absolute atomic E-state index is 9.15. The minimum atomic E-state index is -0.338. The molecular weight excluding hydrogens is 212 g/mol. The summed E-state index contributed by atoms with van der Waals surface area (Å²) in [6.07, 6.45) is -0.338. The van der Waals surface area contributed by atoms with Gasteiger partial charge in [-0.2, -0.15) is 0 Å². The van der Waals surface area contributed by atoms with Crippen LogP contribution in [0.15, 0.2) is 9.85 Å². The number of hydrogen-bond acceptors (Lipinski definition) is 2. The number of aliphatic hydroxyl groups excluding tert-OH is 1. The van der Waals surface area contributed by atoms with Gasteiger partial charge in [-0.15, -0.1) is 11.3 Å². The number of hydrogen-bond donors (Lipinski definition) is 1. The molecule has 0 aromatic carbocycles. The summed E-state index contributed by atoms with van der Waals surface area (Å²) in [5.41, 5.74) is 1.20. The second-order valence-corrected chi connectivity index (χ2v) is 4.68. The SMILES string of the molecule is Cc1cc([C@H](C)O)sc1Br. The van der Waals surface area contributed by atoms with Gasteiger partial charge in [-0.25, -0.2) is 0 Å². The van der Waals surface area contributed by atoms with Crippen LogP contribution >= 0.6 is 27.3 Å². The molecule has 0 saturated carbocycles. The molecule has 1 nitrogen and oxygen atoms in total. The third-order valence-electron chi connectivity index (χ3n) is 1.29. The molecule has 0 radical (unpaired) electrons. The van der Waals surface area contributed by atoms with Gasteiger partial charge < -0.3 is 5.11 Å². The van der Waals surface area contributed by atoms with Crippen molar-refractivity contribution < 1.29 is 5.11 Å². The molecule has 0 aliphatic carbocycles. The molecule has 0 unspecified atom stereocenters. The molecule has 0 bridgehead atoms. The maximum Gasteiger partial charge on any atom is 0.0854 e. The molecule has 0 aliphatic heterocycles. The lowest BCUT2D eigenvalue weighted by Crippen LogP contribution is -1.83. The molecule has 1 heterocycles. The Kier molecular flexibility index (Phi) is 2.50. The van der Waals surface area contributed by atoms with Crippen LogP contribution in [0.4, 0.5) is 0 Å². The Balaban J connectivity index is 2.98. The van der Waals surface area contributed by atoms with Crippen molar-refractivity contribution >= 4 is 27.3 Å². The van der Waals surface area contributed by atoms with Crippen LogP contribution in [0.2, 0.25) is 0 Å². The first kappa shape index (κ1) is 8.24. The van der Waals surface area contributed by atoms with Crippen molar-refractivity contribution in [1.82, 2.24) is 0 Å². The molecule has 0 spiro atoms. The summed E-state index contributed by atoms with van der Waals surface area (Å²) in [6.45, 7) is 3.80. The fourth-order valence-electron chi connectivity index (χ4n) is 0.689. The third-order valence-corrected chi connectivity index (χ3v) is 3.59. The Labute approximate surface area is 72.8 Å². The highest BCUT2D eigenvalue weighted by molar-refractivity contribution is 9.11. The first-order chi connectivity index (χ1) is 4.61. The molecule has 0 aliphatic rings. The first-order valence-corrected chi connectivity index (χ1v) is 4.66. The van der Waals surface area contributed by atoms with E-state index in [1.807, 2.05) is 13.0 Å². The quantitative estimate of drug-likeness (QED) is 0.773. The Bertz CT molecular complexity index is 210. The van der Waals surface area contributed by atoms with Gasteiger partial charge in [-0.05, 0) is 41.4 Å². The highest BCUT2D eigenvalue weighted by Gasteiger charge is 2.06. The van der Waals surface area contributed by atoms with E-state index in [2.05, 4.69) is 15.9 Å². The van der Waals surface area contributed by atoms with Crippen molar-refractivity contribution in [3.8, 4) is 0 Å². The van der Waals surface area contributed by atoms with Crippen molar-refractivity contribution in [3.63, 3.8) is 0 Å². The molecule has 0 amide bonds. The number of rotatable bonds is 1. The van der Waals surface area contributed by atoms with Crippen LogP contribution in [0.3, 0.4) is 0 Å². The summed E-state index contributed by atoms with van der Waals surface area (Å²) in [5, 5.41) is 9.15. The van der Waals surface area contributed by atoms with Crippen LogP contribution in [-0.2, 0) is 0 Å². The number of aliphatic hydroxyl groups is 1. The lowest BCUT2D eigenvalue weighted by Gasteiger charge is -1.95. The minimum absolute atomic E-state index is 0.338. The zero-order valence-electron chi connectivity index (χ0n) is 5.89. The van der Waals surface area contributed by atoms with Gasteiger partial charge in [0.1, 0.15) is 0 Å². The van der Waals surface area contributed by atoms with Crippen LogP contribution in [0.1, 0.15) is 23.5 Å². The van der Waals surface area contributed by atoms with Crippen LogP contribution in [-0.4, -0.2) is 5.11 Å². The van der Waals surface area contributed by atoms with Gasteiger partial charge in [0.05, 0.1) is 9.89 Å². The van der Waals surface area contributed by atoms with Crippen LogP contribution in [0.25, 0.3) is 0 Å². The summed E-state index contributed by atoms with van der Waals surface area (Å²) in [7, 11) is 0. The molecule has 56 valence electrons. The lowest BCUT2D eigenvalue weighted by atomic mass is 10.3. The first-order valence-electron chi connectivity index (χ1n) is 3.05. The second kappa shape index (κ2) is 3.03. The largest absolute Gasteiger partial charge is 0.388 e. The number of aryl methyl sites for hydroxylation is 1. The van der Waals surface area contributed by atoms with E-state index < -0.39 is 0 Å². The fourth-order valence-corrected chi connectivity index (χ4v) is 2.20. The van der Waals surface area contributed by atoms with E-state index in [-0.39, 0.29) is 6.10 Å². The zero-order valence-corrected chi connectivity index (χ0v) is 8.29. The normalized spacial score (nSPS) is 13.6. The predicted molar refractivity (Wildman–Crippen MR) is 47.4 cm³/mol. The molecular formula is C7H9BrOS. The fraction of sp³-hybridized carbons (Fsp3) is 0.429. The van der Waals surface area contributed by atoms with Gasteiger partial charge in [-0.1, -0.05) is 0 Å². The lowest BCUT2D eigenvalue weighted by molar-refractivity contribution is 0.203. The maximum atomic E-state index is 9.15. The minimum Gasteiger partial charge on any atom is -0.388 e. The second-order valence-electron chi connectivity index (χ2n) is 2.28. The summed E-state index contributed by atoms with van der Waals surface area (Å²) < 4.78 is 1.11. The molecule has 10 heavy (non-hydrogen) atoms. The van der Waals surface area contributed by atoms with E-state index in [1.165, 1.54) is 5.56 Å². The van der Waals surface area contributed by atoms with Crippen molar-refractivity contribution in [2.24, 2.45) is 0 Å². The van der Waals surface area contributed by atoms with Crippen LogP contribution in [0, 0.1) is 6.92 Å². The van der Waals surface area contributed by atoms with Gasteiger partial charge >= 0.3 is 0 Å². The molecule has 1 aromatic heterocycles. The number of thiophene rings is 1. The zero-order chi connectivity index (χ0) is 7.72. The smallest absolute Gasteiger partial charge is 0.0854 e. The van der Waals surface area contributed by atoms with E-state index >= 15 is 0 Å². The van der Waals surface area contributed by atoms with E-state index in [9.17, 15) is 0 Å². The summed E-state index contributed by atoms with van der Waals surface area (Å²) >= 11 is 4.98. The van der Waals surface area contributed by atoms with Gasteiger partial charge in [0.2, 0.25) is 0 Å². The van der Waals surface area contributed by atoms with Gasteiger partial charge in [0, 0.05) is 4.88 Å². The standard InChI is InChI=1S/C7H9BrOS/c1-4-3-6(5(2)9)10-7(4)8/h3,5,9H,1-2H3/t5-/m0/s1. The topological polar surface area (TPSA) is 20.2 Å². The van der Waals surface area contributed by atoms with Crippen LogP contribution < -0.4 is 0 Å². The highest BCUT2D eigenvalue weighted by atomic mass is 79.9. The molecule has 1 atom stereocenters. The summed E-state index contributed by atoms with van der Waals surface area (Å²) in [4.78, 5) is 1.02. The molecule has 1 aromatic rings. The van der Waals surface area contributed by atoms with Gasteiger partial charge in [0.15, 0.2) is 0 Å². The van der Waals surface area contributed by atoms with E-state index in [4.69, 9.17) is 5.11 Å². The molecule has 1 rings (SSSR count). The van der Waals surface area contributed by atoms with Gasteiger partial charge in [-0.3, -0.25) is 0 Å². The predicted octanol–water partition coefficient (Wildman–Crippen LogP) is 2.87. The van der Waals surface area contributed by atoms with E-state index in [1.54, 1.807) is 18.3 Å². The Morgan fingerprint density at radius 1 is 1.70 bits per heavy atom. The average Bonchev–Trinajstić information content (AvgIpc) is 2.13. The molecule has 0 saturated heterocycles. The Hall–Kier alpha value is 0.140. The van der Waals surface area contributed by atoms with Crippen molar-refractivity contribution in [1.29, 1.82) is 0 Å². The summed E-state index contributed by atoms with van der Waals surface area (Å²) in [6, 6.07) is 2.00. The summed E-state index contributed by atoms with van der Waals surface area (Å²) in [5.74, 6) is 0. The third kappa shape index (κ3) is 1.59. The van der Waals surface area contributed by atoms with Crippen molar-refractivity contribution in [2.75, 3.05) is 0 Å². The Morgan fingerprint density at radius 2 is 2.30 bits per heavy atom. The number of halogens is 1. The molecule has 3 heteroatoms.